The second-order valence-electron chi connectivity index (χ2n) is 10.2. The number of aryl methyl sites for hydroxylation is 1. The Morgan fingerprint density at radius 3 is 2.77 bits per heavy atom. The molecule has 1 fully saturated rings. The third-order valence-corrected chi connectivity index (χ3v) is 7.65. The lowest BCUT2D eigenvalue weighted by atomic mass is 10.0. The second kappa shape index (κ2) is 11.9. The summed E-state index contributed by atoms with van der Waals surface area (Å²) in [5, 5.41) is 16.2. The average molecular weight is 568 g/mol. The molecule has 2 atom stereocenters. The molecule has 1 saturated heterocycles. The van der Waals surface area contributed by atoms with Crippen LogP contribution in [0.4, 0.5) is 10.3 Å². The highest BCUT2D eigenvalue weighted by Crippen LogP contribution is 2.34. The average Bonchev–Trinajstić information content (AvgIpc) is 3.29. The maximum atomic E-state index is 15.3. The zero-order valence-electron chi connectivity index (χ0n) is 22.3. The number of amides is 2. The van der Waals surface area contributed by atoms with Gasteiger partial charge in [-0.25, -0.2) is 14.4 Å². The molecule has 2 amide bonds. The van der Waals surface area contributed by atoms with E-state index >= 15 is 4.39 Å². The van der Waals surface area contributed by atoms with Crippen LogP contribution in [0.15, 0.2) is 42.6 Å². The Hall–Kier alpha value is -3.60. The molecule has 1 aromatic heterocycles. The highest BCUT2D eigenvalue weighted by molar-refractivity contribution is 6.33. The van der Waals surface area contributed by atoms with Crippen LogP contribution < -0.4 is 10.6 Å². The van der Waals surface area contributed by atoms with E-state index < -0.39 is 29.7 Å². The number of benzene rings is 2. The molecule has 2 aromatic carbocycles. The fourth-order valence-electron chi connectivity index (χ4n) is 5.05. The molecule has 3 aromatic rings. The largest absolute Gasteiger partial charge is 0.394 e. The number of hydrogen-bond donors (Lipinski definition) is 3. The number of nitrogens with one attached hydrogen (secondary N) is 2. The Balaban J connectivity index is 1.35. The molecule has 0 aliphatic carbocycles. The quantitative estimate of drug-likeness (QED) is 0.376. The molecule has 9 nitrogen and oxygen atoms in total. The van der Waals surface area contributed by atoms with Gasteiger partial charge in [0, 0.05) is 35.9 Å². The summed E-state index contributed by atoms with van der Waals surface area (Å²) in [4.78, 5) is 36.6. The van der Waals surface area contributed by atoms with E-state index in [-0.39, 0.29) is 35.3 Å². The molecule has 5 rings (SSSR count). The van der Waals surface area contributed by atoms with Crippen LogP contribution in [0.2, 0.25) is 5.02 Å². The highest BCUT2D eigenvalue weighted by Gasteiger charge is 2.37. The summed E-state index contributed by atoms with van der Waals surface area (Å²) in [7, 11) is 0. The van der Waals surface area contributed by atoms with Gasteiger partial charge in [0.2, 0.25) is 11.9 Å². The van der Waals surface area contributed by atoms with E-state index in [1.807, 2.05) is 31.2 Å². The molecule has 3 heterocycles. The summed E-state index contributed by atoms with van der Waals surface area (Å²) in [6, 6.07) is 8.92. The monoisotopic (exact) mass is 567 g/mol. The molecule has 2 aliphatic rings. The number of carbonyl (C=O) groups excluding carboxylic acids is 2. The zero-order chi connectivity index (χ0) is 28.4. The van der Waals surface area contributed by atoms with Crippen LogP contribution in [0.5, 0.6) is 0 Å². The first-order valence-corrected chi connectivity index (χ1v) is 13.6. The summed E-state index contributed by atoms with van der Waals surface area (Å²) >= 11 is 6.39. The Labute approximate surface area is 236 Å². The van der Waals surface area contributed by atoms with Crippen LogP contribution in [0.25, 0.3) is 11.3 Å². The highest BCUT2D eigenvalue weighted by atomic mass is 35.5. The Morgan fingerprint density at radius 1 is 1.27 bits per heavy atom. The summed E-state index contributed by atoms with van der Waals surface area (Å²) in [6.07, 6.45) is 3.08. The fourth-order valence-corrected chi connectivity index (χ4v) is 5.25. The van der Waals surface area contributed by atoms with Crippen molar-refractivity contribution in [1.29, 1.82) is 0 Å². The first kappa shape index (κ1) is 27.9. The van der Waals surface area contributed by atoms with E-state index in [4.69, 9.17) is 16.3 Å². The van der Waals surface area contributed by atoms with Crippen molar-refractivity contribution in [2.24, 2.45) is 0 Å². The topological polar surface area (TPSA) is 117 Å². The number of carbonyl (C=O) groups is 2. The minimum absolute atomic E-state index is 0.0584. The van der Waals surface area contributed by atoms with E-state index in [0.29, 0.717) is 30.4 Å². The van der Waals surface area contributed by atoms with Crippen molar-refractivity contribution in [3.05, 3.63) is 75.7 Å². The fraction of sp³-hybridized carbons (Fsp3) is 0.379. The minimum Gasteiger partial charge on any atom is -0.394 e. The van der Waals surface area contributed by atoms with Crippen molar-refractivity contribution in [2.45, 2.75) is 51.4 Å². The van der Waals surface area contributed by atoms with E-state index in [9.17, 15) is 14.7 Å². The van der Waals surface area contributed by atoms with Gasteiger partial charge in [-0.1, -0.05) is 41.4 Å². The van der Waals surface area contributed by atoms with Crippen molar-refractivity contribution in [2.75, 3.05) is 25.1 Å². The van der Waals surface area contributed by atoms with Gasteiger partial charge in [-0.2, -0.15) is 0 Å². The SMILES string of the molecule is Cc1cccc([C@@H](CO)NC(=O)C(C)N2Cc3c(F)cc(-c4nc(NC5CCOCC5)ncc4Cl)cc3C2=O)c1. The number of nitrogens with zero attached hydrogens (tertiary/aromatic N) is 3. The van der Waals surface area contributed by atoms with Crippen LogP contribution in [0.1, 0.15) is 52.9 Å². The minimum atomic E-state index is -0.903. The predicted octanol–water partition coefficient (Wildman–Crippen LogP) is 4.03. The maximum Gasteiger partial charge on any atom is 0.255 e. The van der Waals surface area contributed by atoms with Crippen LogP contribution in [-0.4, -0.2) is 63.7 Å². The van der Waals surface area contributed by atoms with E-state index in [1.165, 1.54) is 17.2 Å². The zero-order valence-corrected chi connectivity index (χ0v) is 23.0. The summed E-state index contributed by atoms with van der Waals surface area (Å²) in [5.41, 5.74) is 2.74. The van der Waals surface area contributed by atoms with Gasteiger partial charge < -0.3 is 25.4 Å². The number of anilines is 1. The van der Waals surface area contributed by atoms with Crippen LogP contribution in [-0.2, 0) is 16.1 Å². The third-order valence-electron chi connectivity index (χ3n) is 7.38. The molecular weight excluding hydrogens is 537 g/mol. The van der Waals surface area contributed by atoms with Crippen molar-refractivity contribution < 1.29 is 23.8 Å². The lowest BCUT2D eigenvalue weighted by molar-refractivity contribution is -0.126. The molecule has 0 spiro atoms. The maximum absolute atomic E-state index is 15.3. The Bertz CT molecular complexity index is 1430. The Morgan fingerprint density at radius 2 is 2.05 bits per heavy atom. The number of fused-ring (bicyclic) bond motifs is 1. The molecule has 0 saturated carbocycles. The summed E-state index contributed by atoms with van der Waals surface area (Å²) < 4.78 is 20.7. The van der Waals surface area contributed by atoms with Crippen molar-refractivity contribution in [3.63, 3.8) is 0 Å². The van der Waals surface area contributed by atoms with Gasteiger partial charge in [0.05, 0.1) is 36.1 Å². The Kier molecular flexibility index (Phi) is 8.30. The number of ether oxygens (including phenoxy) is 1. The van der Waals surface area contributed by atoms with Crippen LogP contribution in [0.3, 0.4) is 0 Å². The first-order chi connectivity index (χ1) is 19.2. The van der Waals surface area contributed by atoms with Gasteiger partial charge in [-0.3, -0.25) is 9.59 Å². The van der Waals surface area contributed by atoms with Crippen LogP contribution in [0, 0.1) is 12.7 Å². The van der Waals surface area contributed by atoms with Gasteiger partial charge in [-0.15, -0.1) is 0 Å². The number of halogens is 2. The summed E-state index contributed by atoms with van der Waals surface area (Å²) in [5.74, 6) is -1.15. The molecule has 2 aliphatic heterocycles. The summed E-state index contributed by atoms with van der Waals surface area (Å²) in [6.45, 7) is 4.43. The number of aromatic nitrogens is 2. The number of hydrogen-bond acceptors (Lipinski definition) is 7. The predicted molar refractivity (Wildman–Crippen MR) is 148 cm³/mol. The van der Waals surface area contributed by atoms with Crippen LogP contribution >= 0.6 is 11.6 Å². The van der Waals surface area contributed by atoms with Gasteiger partial charge in [0.25, 0.3) is 5.91 Å². The number of rotatable bonds is 8. The molecule has 11 heteroatoms. The lowest BCUT2D eigenvalue weighted by Crippen LogP contribution is -2.46. The van der Waals surface area contributed by atoms with E-state index in [1.54, 1.807) is 13.0 Å². The number of aliphatic hydroxyl groups excluding tert-OH is 1. The first-order valence-electron chi connectivity index (χ1n) is 13.2. The molecule has 210 valence electrons. The van der Waals surface area contributed by atoms with Gasteiger partial charge >= 0.3 is 0 Å². The normalized spacial score (nSPS) is 16.9. The molecule has 0 bridgehead atoms. The second-order valence-corrected chi connectivity index (χ2v) is 10.6. The third kappa shape index (κ3) is 5.79. The van der Waals surface area contributed by atoms with Crippen molar-refractivity contribution in [1.82, 2.24) is 20.2 Å². The van der Waals surface area contributed by atoms with E-state index in [2.05, 4.69) is 20.6 Å². The van der Waals surface area contributed by atoms with Gasteiger partial charge in [0.1, 0.15) is 11.9 Å². The van der Waals surface area contributed by atoms with Crippen molar-refractivity contribution in [3.8, 4) is 11.3 Å². The van der Waals surface area contributed by atoms with Gasteiger partial charge in [0.15, 0.2) is 0 Å². The molecule has 40 heavy (non-hydrogen) atoms. The standard InChI is InChI=1S/C29H31ClFN5O4/c1-16-4-3-5-18(10-16)25(15-37)34-27(38)17(2)36-14-22-21(28(36)39)11-19(12-24(22)31)26-23(30)13-32-29(35-26)33-20-6-8-40-9-7-20/h3-5,10-13,17,20,25,37H,6-9,14-15H2,1-2H3,(H,34,38)(H,32,33,35)/t17?,25-/m1/s1. The van der Waals surface area contributed by atoms with Crippen molar-refractivity contribution >= 4 is 29.4 Å². The lowest BCUT2D eigenvalue weighted by Gasteiger charge is -2.26. The molecular formula is C29H31ClFN5O4. The number of aliphatic hydroxyl groups is 1. The smallest absolute Gasteiger partial charge is 0.255 e. The van der Waals surface area contributed by atoms with Gasteiger partial charge in [-0.05, 0) is 44.4 Å². The molecule has 1 unspecified atom stereocenters. The molecule has 0 radical (unpaired) electrons. The molecule has 3 N–H and O–H groups in total. The van der Waals surface area contributed by atoms with E-state index in [0.717, 1.165) is 24.0 Å².